The maximum Gasteiger partial charge on any atom is 0.241 e. The van der Waals surface area contributed by atoms with E-state index in [-0.39, 0.29) is 17.7 Å². The molecular weight excluding hydrogens is 328 g/mol. The van der Waals surface area contributed by atoms with E-state index in [0.717, 1.165) is 51.1 Å². The van der Waals surface area contributed by atoms with Gasteiger partial charge in [0.05, 0.1) is 24.8 Å². The molecule has 2 heterocycles. The molecule has 2 amide bonds. The zero-order chi connectivity index (χ0) is 18.1. The lowest BCUT2D eigenvalue weighted by Gasteiger charge is -2.31. The lowest BCUT2D eigenvalue weighted by molar-refractivity contribution is -0.872. The molecule has 0 radical (unpaired) electrons. The van der Waals surface area contributed by atoms with Crippen LogP contribution in [0.25, 0.3) is 0 Å². The van der Waals surface area contributed by atoms with E-state index in [9.17, 15) is 9.59 Å². The average Bonchev–Trinajstić information content (AvgIpc) is 2.97. The third kappa shape index (κ3) is 3.21. The van der Waals surface area contributed by atoms with Crippen LogP contribution in [0.5, 0.6) is 0 Å². The first kappa shape index (κ1) is 17.4. The number of nitrogens with one attached hydrogen (secondary N) is 1. The molecule has 0 unspecified atom stereocenters. The third-order valence-corrected chi connectivity index (χ3v) is 5.89. The maximum atomic E-state index is 13.2. The molecule has 1 aliphatic carbocycles. The van der Waals surface area contributed by atoms with Crippen molar-refractivity contribution in [2.75, 3.05) is 31.2 Å². The molecule has 0 saturated carbocycles. The van der Waals surface area contributed by atoms with Crippen LogP contribution in [-0.4, -0.2) is 38.1 Å². The van der Waals surface area contributed by atoms with Gasteiger partial charge in [0, 0.05) is 12.8 Å². The number of quaternary nitrogens is 1. The number of imide groups is 1. The molecule has 0 aromatic heterocycles. The first-order valence-corrected chi connectivity index (χ1v) is 9.73. The van der Waals surface area contributed by atoms with E-state index in [1.54, 1.807) is 0 Å². The Balaban J connectivity index is 1.63. The molecule has 4 rings (SSSR count). The lowest BCUT2D eigenvalue weighted by atomic mass is 9.85. The van der Waals surface area contributed by atoms with Crippen molar-refractivity contribution in [1.82, 2.24) is 0 Å². The van der Waals surface area contributed by atoms with Crippen LogP contribution in [0, 0.1) is 12.8 Å². The number of benzene rings is 1. The minimum atomic E-state index is -0.269. The Hall–Kier alpha value is -1.98. The quantitative estimate of drug-likeness (QED) is 0.839. The molecule has 2 aliphatic heterocycles. The number of hydrogen-bond donors (Lipinski definition) is 1. The molecule has 1 aromatic rings. The van der Waals surface area contributed by atoms with Gasteiger partial charge < -0.3 is 9.64 Å². The second kappa shape index (κ2) is 7.33. The SMILES string of the molecule is Cc1ccc(N2C(=O)C[C@@H](C3=C([NH+]4CCOCC4)CCCC3)C2=O)cc1. The van der Waals surface area contributed by atoms with Gasteiger partial charge in [0.2, 0.25) is 11.8 Å². The van der Waals surface area contributed by atoms with E-state index >= 15 is 0 Å². The van der Waals surface area contributed by atoms with Crippen LogP contribution in [0.4, 0.5) is 5.69 Å². The predicted molar refractivity (Wildman–Crippen MR) is 98.8 cm³/mol. The molecular formula is C21H27N2O3+. The summed E-state index contributed by atoms with van der Waals surface area (Å²) >= 11 is 0. The van der Waals surface area contributed by atoms with Crippen LogP contribution in [0.1, 0.15) is 37.7 Å². The van der Waals surface area contributed by atoms with Gasteiger partial charge in [-0.15, -0.1) is 0 Å². The van der Waals surface area contributed by atoms with Crippen molar-refractivity contribution < 1.29 is 19.2 Å². The Kier molecular flexibility index (Phi) is 4.92. The predicted octanol–water partition coefficient (Wildman–Crippen LogP) is 1.62. The first-order chi connectivity index (χ1) is 12.6. The molecule has 2 saturated heterocycles. The van der Waals surface area contributed by atoms with Crippen molar-refractivity contribution in [3.8, 4) is 0 Å². The number of rotatable bonds is 3. The van der Waals surface area contributed by atoms with E-state index < -0.39 is 0 Å². The maximum absolute atomic E-state index is 13.2. The smallest absolute Gasteiger partial charge is 0.241 e. The van der Waals surface area contributed by atoms with Gasteiger partial charge in [0.1, 0.15) is 18.8 Å². The number of amides is 2. The molecule has 2 fully saturated rings. The van der Waals surface area contributed by atoms with Crippen LogP contribution in [0.15, 0.2) is 35.5 Å². The molecule has 3 aliphatic rings. The molecule has 0 spiro atoms. The molecule has 5 nitrogen and oxygen atoms in total. The summed E-state index contributed by atoms with van der Waals surface area (Å²) in [6.07, 6.45) is 4.61. The minimum Gasteiger partial charge on any atom is -0.370 e. The number of allylic oxidation sites excluding steroid dienone is 1. The normalized spacial score (nSPS) is 25.3. The number of carbonyl (C=O) groups is 2. The van der Waals surface area contributed by atoms with E-state index in [2.05, 4.69) is 0 Å². The van der Waals surface area contributed by atoms with Crippen molar-refractivity contribution >= 4 is 17.5 Å². The Morgan fingerprint density at radius 2 is 1.73 bits per heavy atom. The van der Waals surface area contributed by atoms with Gasteiger partial charge in [-0.3, -0.25) is 14.5 Å². The number of carbonyl (C=O) groups excluding carboxylic acids is 2. The minimum absolute atomic E-state index is 0.0408. The summed E-state index contributed by atoms with van der Waals surface area (Å²) in [4.78, 5) is 28.7. The standard InChI is InChI=1S/C21H26N2O3/c1-15-6-8-16(9-7-15)23-20(24)14-18(21(23)25)17-4-2-3-5-19(17)22-10-12-26-13-11-22/h6-9,18H,2-5,10-14H2,1H3/p+1/t18-/m0/s1. The van der Waals surface area contributed by atoms with Gasteiger partial charge >= 0.3 is 0 Å². The number of hydrogen-bond acceptors (Lipinski definition) is 3. The van der Waals surface area contributed by atoms with Crippen LogP contribution in [-0.2, 0) is 14.3 Å². The van der Waals surface area contributed by atoms with Crippen molar-refractivity contribution in [3.63, 3.8) is 0 Å². The Labute approximate surface area is 154 Å². The fourth-order valence-corrected chi connectivity index (χ4v) is 4.51. The largest absolute Gasteiger partial charge is 0.370 e. The Morgan fingerprint density at radius 1 is 1.04 bits per heavy atom. The summed E-state index contributed by atoms with van der Waals surface area (Å²) < 4.78 is 5.50. The van der Waals surface area contributed by atoms with Crippen molar-refractivity contribution in [1.29, 1.82) is 0 Å². The fraction of sp³-hybridized carbons (Fsp3) is 0.524. The molecule has 5 heteroatoms. The highest BCUT2D eigenvalue weighted by Crippen LogP contribution is 2.36. The molecule has 1 atom stereocenters. The van der Waals surface area contributed by atoms with Crippen molar-refractivity contribution in [2.45, 2.75) is 39.0 Å². The molecule has 138 valence electrons. The van der Waals surface area contributed by atoms with E-state index in [1.165, 1.54) is 27.5 Å². The molecule has 1 aromatic carbocycles. The first-order valence-electron chi connectivity index (χ1n) is 9.73. The number of nitrogens with zero attached hydrogens (tertiary/aromatic N) is 1. The van der Waals surface area contributed by atoms with Crippen LogP contribution >= 0.6 is 0 Å². The monoisotopic (exact) mass is 355 g/mol. The average molecular weight is 355 g/mol. The Morgan fingerprint density at radius 3 is 2.46 bits per heavy atom. The van der Waals surface area contributed by atoms with Gasteiger partial charge in [-0.2, -0.15) is 0 Å². The van der Waals surface area contributed by atoms with Gasteiger partial charge in [-0.1, -0.05) is 17.7 Å². The summed E-state index contributed by atoms with van der Waals surface area (Å²) in [5, 5.41) is 0. The number of morpholine rings is 1. The zero-order valence-corrected chi connectivity index (χ0v) is 15.4. The highest BCUT2D eigenvalue weighted by Gasteiger charge is 2.44. The highest BCUT2D eigenvalue weighted by atomic mass is 16.5. The van der Waals surface area contributed by atoms with Crippen molar-refractivity contribution in [2.24, 2.45) is 5.92 Å². The topological polar surface area (TPSA) is 51.1 Å². The van der Waals surface area contributed by atoms with Gasteiger partial charge in [-0.25, -0.2) is 0 Å². The number of ether oxygens (including phenoxy) is 1. The highest BCUT2D eigenvalue weighted by molar-refractivity contribution is 6.21. The van der Waals surface area contributed by atoms with E-state index in [0.29, 0.717) is 12.1 Å². The van der Waals surface area contributed by atoms with Gasteiger partial charge in [-0.05, 0) is 43.9 Å². The van der Waals surface area contributed by atoms with Gasteiger partial charge in [0.15, 0.2) is 0 Å². The number of aryl methyl sites for hydroxylation is 1. The summed E-state index contributed by atoms with van der Waals surface area (Å²) in [5.74, 6) is -0.381. The Bertz CT molecular complexity index is 732. The van der Waals surface area contributed by atoms with E-state index in [4.69, 9.17) is 4.74 Å². The summed E-state index contributed by atoms with van der Waals surface area (Å²) in [6.45, 7) is 5.49. The number of anilines is 1. The van der Waals surface area contributed by atoms with Crippen LogP contribution in [0.3, 0.4) is 0 Å². The summed E-state index contributed by atoms with van der Waals surface area (Å²) in [5.41, 5.74) is 4.44. The van der Waals surface area contributed by atoms with Crippen LogP contribution in [0.2, 0.25) is 0 Å². The van der Waals surface area contributed by atoms with Crippen molar-refractivity contribution in [3.05, 3.63) is 41.1 Å². The third-order valence-electron chi connectivity index (χ3n) is 5.89. The fourth-order valence-electron chi connectivity index (χ4n) is 4.51. The lowest BCUT2D eigenvalue weighted by Crippen LogP contribution is -3.12. The van der Waals surface area contributed by atoms with Gasteiger partial charge in [0.25, 0.3) is 0 Å². The molecule has 26 heavy (non-hydrogen) atoms. The molecule has 0 bridgehead atoms. The molecule has 1 N–H and O–H groups in total. The second-order valence-electron chi connectivity index (χ2n) is 7.59. The summed E-state index contributed by atoms with van der Waals surface area (Å²) in [6, 6.07) is 7.65. The van der Waals surface area contributed by atoms with Crippen LogP contribution < -0.4 is 9.80 Å². The zero-order valence-electron chi connectivity index (χ0n) is 15.4. The summed E-state index contributed by atoms with van der Waals surface area (Å²) in [7, 11) is 0. The second-order valence-corrected chi connectivity index (χ2v) is 7.59. The van der Waals surface area contributed by atoms with E-state index in [1.807, 2.05) is 31.2 Å².